The van der Waals surface area contributed by atoms with Gasteiger partial charge in [0.05, 0.1) is 0 Å². The second kappa shape index (κ2) is 4.78. The third kappa shape index (κ3) is 2.55. The van der Waals surface area contributed by atoms with Crippen LogP contribution < -0.4 is 5.32 Å². The van der Waals surface area contributed by atoms with Gasteiger partial charge in [0, 0.05) is 18.8 Å². The minimum absolute atomic E-state index is 0.223. The average molecular weight is 165 g/mol. The Labute approximate surface area is 73.2 Å². The van der Waals surface area contributed by atoms with Gasteiger partial charge in [0.1, 0.15) is 0 Å². The normalized spacial score (nSPS) is 9.83. The fourth-order valence-corrected chi connectivity index (χ4v) is 1.12. The summed E-state index contributed by atoms with van der Waals surface area (Å²) in [7, 11) is 0. The first kappa shape index (κ1) is 9.07. The molecule has 0 fully saturated rings. The number of hydrogen-bond acceptors (Lipinski definition) is 2. The van der Waals surface area contributed by atoms with Gasteiger partial charge in [-0.1, -0.05) is 12.1 Å². The van der Waals surface area contributed by atoms with E-state index >= 15 is 0 Å². The molecule has 0 unspecified atom stereocenters. The van der Waals surface area contributed by atoms with Crippen LogP contribution in [0.2, 0.25) is 0 Å². The molecule has 2 heteroatoms. The first-order chi connectivity index (χ1) is 5.86. The fraction of sp³-hybridized carbons (Fsp3) is 0.400. The van der Waals surface area contributed by atoms with Crippen molar-refractivity contribution in [3.05, 3.63) is 29.8 Å². The van der Waals surface area contributed by atoms with Crippen molar-refractivity contribution in [2.24, 2.45) is 0 Å². The summed E-state index contributed by atoms with van der Waals surface area (Å²) in [6, 6.07) is 8.14. The number of aliphatic hydroxyl groups excluding tert-OH is 1. The van der Waals surface area contributed by atoms with Gasteiger partial charge in [-0.2, -0.15) is 0 Å². The lowest BCUT2D eigenvalue weighted by Gasteiger charge is -2.03. The molecule has 0 aromatic heterocycles. The Kier molecular flexibility index (Phi) is 3.61. The van der Waals surface area contributed by atoms with E-state index in [4.69, 9.17) is 5.11 Å². The van der Waals surface area contributed by atoms with E-state index in [9.17, 15) is 0 Å². The molecular formula is C10H15NO. The highest BCUT2D eigenvalue weighted by Gasteiger charge is 1.91. The molecule has 66 valence electrons. The van der Waals surface area contributed by atoms with Crippen molar-refractivity contribution in [2.75, 3.05) is 18.5 Å². The molecule has 0 saturated carbocycles. The zero-order valence-corrected chi connectivity index (χ0v) is 7.38. The van der Waals surface area contributed by atoms with Gasteiger partial charge < -0.3 is 10.4 Å². The van der Waals surface area contributed by atoms with Crippen LogP contribution in [0.1, 0.15) is 12.5 Å². The second-order valence-corrected chi connectivity index (χ2v) is 2.70. The number of nitrogens with one attached hydrogen (secondary N) is 1. The molecule has 0 heterocycles. The molecule has 1 aromatic carbocycles. The van der Waals surface area contributed by atoms with Gasteiger partial charge in [0.2, 0.25) is 0 Å². The standard InChI is InChI=1S/C10H15NO/c1-2-11-10-5-3-9(4-6-10)7-8-12/h3-6,11-12H,2,7-8H2,1H3. The summed E-state index contributed by atoms with van der Waals surface area (Å²) in [5, 5.41) is 11.9. The first-order valence-electron chi connectivity index (χ1n) is 4.30. The Morgan fingerprint density at radius 1 is 1.25 bits per heavy atom. The maximum absolute atomic E-state index is 8.68. The minimum Gasteiger partial charge on any atom is -0.396 e. The highest BCUT2D eigenvalue weighted by molar-refractivity contribution is 5.44. The molecule has 0 aliphatic rings. The monoisotopic (exact) mass is 165 g/mol. The van der Waals surface area contributed by atoms with Crippen molar-refractivity contribution in [1.29, 1.82) is 0 Å². The van der Waals surface area contributed by atoms with Crippen LogP contribution in [0.4, 0.5) is 5.69 Å². The third-order valence-corrected chi connectivity index (χ3v) is 1.74. The molecule has 0 bridgehead atoms. The van der Waals surface area contributed by atoms with Gasteiger partial charge in [-0.25, -0.2) is 0 Å². The summed E-state index contributed by atoms with van der Waals surface area (Å²) >= 11 is 0. The van der Waals surface area contributed by atoms with E-state index in [1.54, 1.807) is 0 Å². The lowest BCUT2D eigenvalue weighted by Crippen LogP contribution is -1.96. The van der Waals surface area contributed by atoms with Gasteiger partial charge in [0.15, 0.2) is 0 Å². The molecule has 12 heavy (non-hydrogen) atoms. The molecule has 2 N–H and O–H groups in total. The van der Waals surface area contributed by atoms with Crippen LogP contribution in [0.3, 0.4) is 0 Å². The average Bonchev–Trinajstić information content (AvgIpc) is 2.09. The summed E-state index contributed by atoms with van der Waals surface area (Å²) in [6.45, 7) is 3.24. The molecule has 0 aliphatic carbocycles. The lowest BCUT2D eigenvalue weighted by atomic mass is 10.1. The number of rotatable bonds is 4. The summed E-state index contributed by atoms with van der Waals surface area (Å²) in [5.41, 5.74) is 2.32. The quantitative estimate of drug-likeness (QED) is 0.711. The Balaban J connectivity index is 2.58. The van der Waals surface area contributed by atoms with E-state index in [0.717, 1.165) is 18.7 Å². The van der Waals surface area contributed by atoms with Gasteiger partial charge >= 0.3 is 0 Å². The first-order valence-corrected chi connectivity index (χ1v) is 4.30. The highest BCUT2D eigenvalue weighted by atomic mass is 16.2. The zero-order chi connectivity index (χ0) is 8.81. The number of hydrogen-bond donors (Lipinski definition) is 2. The van der Waals surface area contributed by atoms with Crippen LogP contribution >= 0.6 is 0 Å². The molecule has 0 radical (unpaired) electrons. The van der Waals surface area contributed by atoms with Crippen LogP contribution in [-0.4, -0.2) is 18.3 Å². The molecular weight excluding hydrogens is 150 g/mol. The summed E-state index contributed by atoms with van der Waals surface area (Å²) in [5.74, 6) is 0. The maximum Gasteiger partial charge on any atom is 0.0471 e. The van der Waals surface area contributed by atoms with Crippen molar-refractivity contribution in [1.82, 2.24) is 0 Å². The van der Waals surface area contributed by atoms with E-state index in [-0.39, 0.29) is 6.61 Å². The van der Waals surface area contributed by atoms with Gasteiger partial charge in [0.25, 0.3) is 0 Å². The van der Waals surface area contributed by atoms with E-state index in [0.29, 0.717) is 0 Å². The Bertz CT molecular complexity index is 193. The predicted molar refractivity (Wildman–Crippen MR) is 51.4 cm³/mol. The van der Waals surface area contributed by atoms with Crippen molar-refractivity contribution < 1.29 is 5.11 Å². The molecule has 0 atom stereocenters. The van der Waals surface area contributed by atoms with Gasteiger partial charge in [-0.15, -0.1) is 0 Å². The van der Waals surface area contributed by atoms with Gasteiger partial charge in [-0.3, -0.25) is 0 Å². The lowest BCUT2D eigenvalue weighted by molar-refractivity contribution is 0.299. The molecule has 1 rings (SSSR count). The van der Waals surface area contributed by atoms with Crippen molar-refractivity contribution >= 4 is 5.69 Å². The molecule has 0 aliphatic heterocycles. The summed E-state index contributed by atoms with van der Waals surface area (Å²) in [4.78, 5) is 0. The predicted octanol–water partition coefficient (Wildman–Crippen LogP) is 1.65. The van der Waals surface area contributed by atoms with E-state index < -0.39 is 0 Å². The summed E-state index contributed by atoms with van der Waals surface area (Å²) < 4.78 is 0. The third-order valence-electron chi connectivity index (χ3n) is 1.74. The van der Waals surface area contributed by atoms with Crippen molar-refractivity contribution in [3.8, 4) is 0 Å². The highest BCUT2D eigenvalue weighted by Crippen LogP contribution is 2.09. The van der Waals surface area contributed by atoms with E-state index in [2.05, 4.69) is 12.2 Å². The molecule has 0 saturated heterocycles. The van der Waals surface area contributed by atoms with Crippen LogP contribution in [0.15, 0.2) is 24.3 Å². The zero-order valence-electron chi connectivity index (χ0n) is 7.38. The topological polar surface area (TPSA) is 32.3 Å². The number of benzene rings is 1. The number of aliphatic hydroxyl groups is 1. The van der Waals surface area contributed by atoms with Crippen molar-refractivity contribution in [3.63, 3.8) is 0 Å². The van der Waals surface area contributed by atoms with Gasteiger partial charge in [-0.05, 0) is 31.0 Å². The Hall–Kier alpha value is -1.02. The van der Waals surface area contributed by atoms with Crippen molar-refractivity contribution in [2.45, 2.75) is 13.3 Å². The summed E-state index contributed by atoms with van der Waals surface area (Å²) in [6.07, 6.45) is 0.742. The van der Waals surface area contributed by atoms with Crippen LogP contribution in [0.25, 0.3) is 0 Å². The molecule has 2 nitrogen and oxygen atoms in total. The van der Waals surface area contributed by atoms with E-state index in [1.165, 1.54) is 5.56 Å². The van der Waals surface area contributed by atoms with Crippen LogP contribution in [0, 0.1) is 0 Å². The van der Waals surface area contributed by atoms with E-state index in [1.807, 2.05) is 24.3 Å². The maximum atomic E-state index is 8.68. The second-order valence-electron chi connectivity index (χ2n) is 2.70. The number of anilines is 1. The SMILES string of the molecule is CCNc1ccc(CCO)cc1. The largest absolute Gasteiger partial charge is 0.396 e. The minimum atomic E-state index is 0.223. The molecule has 0 spiro atoms. The van der Waals surface area contributed by atoms with Crippen LogP contribution in [0.5, 0.6) is 0 Å². The molecule has 0 amide bonds. The fourth-order valence-electron chi connectivity index (χ4n) is 1.12. The smallest absolute Gasteiger partial charge is 0.0471 e. The van der Waals surface area contributed by atoms with Crippen LogP contribution in [-0.2, 0) is 6.42 Å². The Morgan fingerprint density at radius 2 is 1.92 bits per heavy atom. The Morgan fingerprint density at radius 3 is 2.42 bits per heavy atom. The molecule has 1 aromatic rings.